The van der Waals surface area contributed by atoms with Gasteiger partial charge in [0.1, 0.15) is 5.82 Å². The smallest absolute Gasteiger partial charge is 0.243 e. The highest BCUT2D eigenvalue weighted by Gasteiger charge is 2.31. The molecule has 0 amide bonds. The number of nitriles is 1. The number of fused-ring (bicyclic) bond motifs is 1. The minimum atomic E-state index is -3.57. The molecule has 6 nitrogen and oxygen atoms in total. The van der Waals surface area contributed by atoms with E-state index in [2.05, 4.69) is 9.97 Å². The third-order valence-corrected chi connectivity index (χ3v) is 6.74. The van der Waals surface area contributed by atoms with Gasteiger partial charge < -0.3 is 4.98 Å². The van der Waals surface area contributed by atoms with Crippen LogP contribution in [0.15, 0.2) is 53.4 Å². The SMILES string of the molecule is N#Cc1cccc(S(=O)(=O)N2CCC(c3nc4ccccc4[nH]3)CC2)c1. The number of nitrogens with zero attached hydrogens (tertiary/aromatic N) is 3. The summed E-state index contributed by atoms with van der Waals surface area (Å²) in [4.78, 5) is 8.17. The second-order valence-electron chi connectivity index (χ2n) is 6.46. The van der Waals surface area contributed by atoms with E-state index in [-0.39, 0.29) is 10.8 Å². The molecule has 2 heterocycles. The summed E-state index contributed by atoms with van der Waals surface area (Å²) in [5.41, 5.74) is 2.29. The van der Waals surface area contributed by atoms with Crippen LogP contribution in [0.5, 0.6) is 0 Å². The zero-order valence-electron chi connectivity index (χ0n) is 14.1. The molecule has 1 N–H and O–H groups in total. The Morgan fingerprint density at radius 2 is 1.88 bits per heavy atom. The predicted octanol–water partition coefficient (Wildman–Crippen LogP) is 3.00. The molecule has 0 radical (unpaired) electrons. The number of piperidine rings is 1. The number of imidazole rings is 1. The number of H-pyrrole nitrogens is 1. The molecule has 0 bridgehead atoms. The van der Waals surface area contributed by atoms with E-state index in [1.165, 1.54) is 10.4 Å². The third kappa shape index (κ3) is 2.98. The number of nitrogens with one attached hydrogen (secondary N) is 1. The Morgan fingerprint density at radius 3 is 2.62 bits per heavy atom. The second-order valence-corrected chi connectivity index (χ2v) is 8.40. The average molecular weight is 366 g/mol. The summed E-state index contributed by atoms with van der Waals surface area (Å²) in [5, 5.41) is 8.99. The van der Waals surface area contributed by atoms with Crippen LogP contribution in [0.25, 0.3) is 11.0 Å². The number of benzene rings is 2. The van der Waals surface area contributed by atoms with Crippen LogP contribution in [-0.2, 0) is 10.0 Å². The van der Waals surface area contributed by atoms with E-state index in [1.54, 1.807) is 18.2 Å². The largest absolute Gasteiger partial charge is 0.342 e. The molecule has 0 unspecified atom stereocenters. The van der Waals surface area contributed by atoms with Gasteiger partial charge in [0.25, 0.3) is 0 Å². The van der Waals surface area contributed by atoms with Crippen LogP contribution in [0.3, 0.4) is 0 Å². The van der Waals surface area contributed by atoms with E-state index in [0.717, 1.165) is 29.7 Å². The van der Waals surface area contributed by atoms with E-state index in [4.69, 9.17) is 5.26 Å². The Balaban J connectivity index is 1.51. The molecule has 1 aliphatic rings. The summed E-state index contributed by atoms with van der Waals surface area (Å²) in [6.45, 7) is 0.891. The number of aromatic nitrogens is 2. The van der Waals surface area contributed by atoms with E-state index in [0.29, 0.717) is 18.7 Å². The average Bonchev–Trinajstić information content (AvgIpc) is 3.12. The van der Waals surface area contributed by atoms with E-state index in [9.17, 15) is 8.42 Å². The van der Waals surface area contributed by atoms with Crippen molar-refractivity contribution in [2.45, 2.75) is 23.7 Å². The van der Waals surface area contributed by atoms with E-state index in [1.807, 2.05) is 30.3 Å². The molecule has 1 saturated heterocycles. The summed E-state index contributed by atoms with van der Waals surface area (Å²) in [6, 6.07) is 16.1. The Morgan fingerprint density at radius 1 is 1.12 bits per heavy atom. The summed E-state index contributed by atoms with van der Waals surface area (Å²) in [7, 11) is -3.57. The molecule has 0 atom stereocenters. The highest BCUT2D eigenvalue weighted by atomic mass is 32.2. The number of sulfonamides is 1. The molecule has 0 aliphatic carbocycles. The summed E-state index contributed by atoms with van der Waals surface area (Å²) in [6.07, 6.45) is 1.44. The van der Waals surface area contributed by atoms with Gasteiger partial charge in [-0.1, -0.05) is 18.2 Å². The fourth-order valence-corrected chi connectivity index (χ4v) is 4.93. The van der Waals surface area contributed by atoms with Crippen LogP contribution >= 0.6 is 0 Å². The number of hydrogen-bond acceptors (Lipinski definition) is 4. The fourth-order valence-electron chi connectivity index (χ4n) is 3.41. The maximum absolute atomic E-state index is 12.8. The first-order valence-electron chi connectivity index (χ1n) is 8.53. The van der Waals surface area contributed by atoms with Crippen molar-refractivity contribution in [2.75, 3.05) is 13.1 Å². The fraction of sp³-hybridized carbons (Fsp3) is 0.263. The first-order chi connectivity index (χ1) is 12.6. The highest BCUT2D eigenvalue weighted by Crippen LogP contribution is 2.30. The van der Waals surface area contributed by atoms with Crippen LogP contribution in [0.2, 0.25) is 0 Å². The normalized spacial score (nSPS) is 16.6. The van der Waals surface area contributed by atoms with Crippen molar-refractivity contribution in [1.29, 1.82) is 5.26 Å². The van der Waals surface area contributed by atoms with Crippen molar-refractivity contribution in [3.63, 3.8) is 0 Å². The first kappa shape index (κ1) is 16.8. The number of para-hydroxylation sites is 2. The van der Waals surface area contributed by atoms with Gasteiger partial charge in [-0.15, -0.1) is 0 Å². The first-order valence-corrected chi connectivity index (χ1v) is 9.97. The lowest BCUT2D eigenvalue weighted by atomic mass is 9.97. The van der Waals surface area contributed by atoms with Crippen molar-refractivity contribution in [3.8, 4) is 6.07 Å². The Hall–Kier alpha value is -2.69. The van der Waals surface area contributed by atoms with Gasteiger partial charge in [0.15, 0.2) is 0 Å². The van der Waals surface area contributed by atoms with Crippen LogP contribution in [0, 0.1) is 11.3 Å². The highest BCUT2D eigenvalue weighted by molar-refractivity contribution is 7.89. The lowest BCUT2D eigenvalue weighted by molar-refractivity contribution is 0.314. The van der Waals surface area contributed by atoms with Crippen LogP contribution in [0.4, 0.5) is 0 Å². The van der Waals surface area contributed by atoms with Crippen molar-refractivity contribution < 1.29 is 8.42 Å². The van der Waals surface area contributed by atoms with Crippen molar-refractivity contribution in [1.82, 2.24) is 14.3 Å². The molecule has 1 aromatic heterocycles. The lowest BCUT2D eigenvalue weighted by Gasteiger charge is -2.30. The van der Waals surface area contributed by atoms with Gasteiger partial charge in [0, 0.05) is 19.0 Å². The van der Waals surface area contributed by atoms with Crippen molar-refractivity contribution in [2.24, 2.45) is 0 Å². The quantitative estimate of drug-likeness (QED) is 0.771. The predicted molar refractivity (Wildman–Crippen MR) is 98.0 cm³/mol. The second kappa shape index (κ2) is 6.56. The van der Waals surface area contributed by atoms with Gasteiger partial charge in [-0.25, -0.2) is 13.4 Å². The molecule has 0 spiro atoms. The maximum Gasteiger partial charge on any atom is 0.243 e. The summed E-state index contributed by atoms with van der Waals surface area (Å²) in [5.74, 6) is 1.15. The topological polar surface area (TPSA) is 89.8 Å². The Bertz CT molecular complexity index is 1060. The van der Waals surface area contributed by atoms with Crippen molar-refractivity contribution >= 4 is 21.1 Å². The van der Waals surface area contributed by atoms with Gasteiger partial charge in [-0.3, -0.25) is 0 Å². The van der Waals surface area contributed by atoms with Gasteiger partial charge in [-0.2, -0.15) is 9.57 Å². The molecule has 132 valence electrons. The molecule has 2 aromatic carbocycles. The van der Waals surface area contributed by atoms with E-state index >= 15 is 0 Å². The van der Waals surface area contributed by atoms with Gasteiger partial charge in [-0.05, 0) is 43.2 Å². The number of aromatic amines is 1. The summed E-state index contributed by atoms with van der Waals surface area (Å²) >= 11 is 0. The molecular formula is C19H18N4O2S. The van der Waals surface area contributed by atoms with E-state index < -0.39 is 10.0 Å². The minimum Gasteiger partial charge on any atom is -0.342 e. The number of rotatable bonds is 3. The molecule has 4 rings (SSSR count). The third-order valence-electron chi connectivity index (χ3n) is 4.85. The van der Waals surface area contributed by atoms with Crippen LogP contribution in [-0.4, -0.2) is 35.8 Å². The molecule has 3 aromatic rings. The maximum atomic E-state index is 12.8. The Kier molecular flexibility index (Phi) is 4.23. The molecule has 0 saturated carbocycles. The molecule has 26 heavy (non-hydrogen) atoms. The monoisotopic (exact) mass is 366 g/mol. The zero-order valence-corrected chi connectivity index (χ0v) is 14.9. The number of hydrogen-bond donors (Lipinski definition) is 1. The minimum absolute atomic E-state index is 0.179. The van der Waals surface area contributed by atoms with Crippen molar-refractivity contribution in [3.05, 3.63) is 59.9 Å². The van der Waals surface area contributed by atoms with Crippen LogP contribution in [0.1, 0.15) is 30.1 Å². The molecule has 7 heteroatoms. The Labute approximate surface area is 152 Å². The van der Waals surface area contributed by atoms with Gasteiger partial charge >= 0.3 is 0 Å². The zero-order chi connectivity index (χ0) is 18.1. The summed E-state index contributed by atoms with van der Waals surface area (Å²) < 4.78 is 27.2. The van der Waals surface area contributed by atoms with Gasteiger partial charge in [0.05, 0.1) is 27.6 Å². The molecule has 1 aliphatic heterocycles. The lowest BCUT2D eigenvalue weighted by Crippen LogP contribution is -2.38. The molecular weight excluding hydrogens is 348 g/mol. The van der Waals surface area contributed by atoms with Gasteiger partial charge in [0.2, 0.25) is 10.0 Å². The molecule has 1 fully saturated rings. The van der Waals surface area contributed by atoms with Crippen LogP contribution < -0.4 is 0 Å². The standard InChI is InChI=1S/C19H18N4O2S/c20-13-14-4-3-5-16(12-14)26(24,25)23-10-8-15(9-11-23)19-21-17-6-1-2-7-18(17)22-19/h1-7,12,15H,8-11H2,(H,21,22).